The first-order valence-corrected chi connectivity index (χ1v) is 7.59. The molecule has 0 aromatic heterocycles. The van der Waals surface area contributed by atoms with Crippen molar-refractivity contribution in [3.05, 3.63) is 71.3 Å². The Labute approximate surface area is 131 Å². The number of ether oxygens (including phenoxy) is 1. The standard InChI is InChI=1S/C20H20O2/c1-15-12-17-10-6-7-11-19(17)22-20(2,13-15)14-18(21)16-8-4-3-5-9-16/h3-12H,13-14H2,1-2H3. The lowest BCUT2D eigenvalue weighted by Gasteiger charge is -2.29. The summed E-state index contributed by atoms with van der Waals surface area (Å²) >= 11 is 0. The number of hydrogen-bond donors (Lipinski definition) is 0. The predicted molar refractivity (Wildman–Crippen MR) is 89.1 cm³/mol. The van der Waals surface area contributed by atoms with E-state index in [1.54, 1.807) is 0 Å². The second kappa shape index (κ2) is 5.80. The minimum atomic E-state index is -0.514. The summed E-state index contributed by atoms with van der Waals surface area (Å²) in [4.78, 5) is 12.5. The predicted octanol–water partition coefficient (Wildman–Crippen LogP) is 4.90. The van der Waals surface area contributed by atoms with Crippen LogP contribution in [0.3, 0.4) is 0 Å². The van der Waals surface area contributed by atoms with Gasteiger partial charge >= 0.3 is 0 Å². The smallest absolute Gasteiger partial charge is 0.166 e. The summed E-state index contributed by atoms with van der Waals surface area (Å²) in [5.74, 6) is 0.970. The molecule has 2 aromatic rings. The largest absolute Gasteiger partial charge is 0.486 e. The SMILES string of the molecule is CC1=Cc2ccccc2OC(C)(CC(=O)c2ccccc2)C1. The Balaban J connectivity index is 1.87. The van der Waals surface area contributed by atoms with Crippen LogP contribution in [0, 0.1) is 0 Å². The van der Waals surface area contributed by atoms with Gasteiger partial charge in [0.05, 0.1) is 6.42 Å². The number of fused-ring (bicyclic) bond motifs is 1. The van der Waals surface area contributed by atoms with Gasteiger partial charge in [0, 0.05) is 17.5 Å². The Morgan fingerprint density at radius 3 is 2.55 bits per heavy atom. The van der Waals surface area contributed by atoms with Crippen LogP contribution >= 0.6 is 0 Å². The first kappa shape index (κ1) is 14.6. The highest BCUT2D eigenvalue weighted by atomic mass is 16.5. The van der Waals surface area contributed by atoms with Crippen LogP contribution in [0.4, 0.5) is 0 Å². The van der Waals surface area contributed by atoms with E-state index in [1.807, 2.05) is 61.5 Å². The average molecular weight is 292 g/mol. The monoisotopic (exact) mass is 292 g/mol. The summed E-state index contributed by atoms with van der Waals surface area (Å²) in [6, 6.07) is 17.4. The van der Waals surface area contributed by atoms with Crippen molar-refractivity contribution in [2.45, 2.75) is 32.3 Å². The topological polar surface area (TPSA) is 26.3 Å². The van der Waals surface area contributed by atoms with E-state index in [4.69, 9.17) is 4.74 Å². The molecule has 22 heavy (non-hydrogen) atoms. The zero-order valence-electron chi connectivity index (χ0n) is 13.0. The molecule has 2 aromatic carbocycles. The van der Waals surface area contributed by atoms with Gasteiger partial charge in [0.2, 0.25) is 0 Å². The fourth-order valence-electron chi connectivity index (χ4n) is 3.06. The van der Waals surface area contributed by atoms with E-state index in [9.17, 15) is 4.79 Å². The van der Waals surface area contributed by atoms with Crippen LogP contribution in [0.15, 0.2) is 60.2 Å². The van der Waals surface area contributed by atoms with Gasteiger partial charge in [-0.25, -0.2) is 0 Å². The normalized spacial score (nSPS) is 20.4. The average Bonchev–Trinajstić information content (AvgIpc) is 2.62. The molecule has 1 aliphatic heterocycles. The first-order valence-electron chi connectivity index (χ1n) is 7.59. The Morgan fingerprint density at radius 2 is 1.77 bits per heavy atom. The van der Waals surface area contributed by atoms with Crippen LogP contribution in [0.2, 0.25) is 0 Å². The van der Waals surface area contributed by atoms with Gasteiger partial charge in [0.15, 0.2) is 5.78 Å². The summed E-state index contributed by atoms with van der Waals surface area (Å²) in [5, 5.41) is 0. The van der Waals surface area contributed by atoms with Crippen LogP contribution in [0.1, 0.15) is 42.6 Å². The molecule has 1 unspecified atom stereocenters. The highest BCUT2D eigenvalue weighted by Crippen LogP contribution is 2.35. The van der Waals surface area contributed by atoms with Gasteiger partial charge in [-0.2, -0.15) is 0 Å². The van der Waals surface area contributed by atoms with Gasteiger partial charge in [-0.15, -0.1) is 0 Å². The molecule has 0 amide bonds. The third-order valence-corrected chi connectivity index (χ3v) is 3.96. The van der Waals surface area contributed by atoms with Crippen molar-refractivity contribution in [3.63, 3.8) is 0 Å². The second-order valence-electron chi connectivity index (χ2n) is 6.22. The maximum Gasteiger partial charge on any atom is 0.166 e. The van der Waals surface area contributed by atoms with E-state index in [0.717, 1.165) is 23.3 Å². The van der Waals surface area contributed by atoms with Gasteiger partial charge < -0.3 is 4.74 Å². The zero-order chi connectivity index (χ0) is 15.6. The lowest BCUT2D eigenvalue weighted by molar-refractivity contribution is 0.0641. The van der Waals surface area contributed by atoms with E-state index in [2.05, 4.69) is 13.0 Å². The van der Waals surface area contributed by atoms with Crippen LogP contribution in [-0.4, -0.2) is 11.4 Å². The van der Waals surface area contributed by atoms with E-state index < -0.39 is 5.60 Å². The van der Waals surface area contributed by atoms with Crippen LogP contribution < -0.4 is 4.74 Å². The van der Waals surface area contributed by atoms with Crippen LogP contribution in [0.25, 0.3) is 6.08 Å². The number of rotatable bonds is 3. The second-order valence-corrected chi connectivity index (χ2v) is 6.22. The molecule has 0 aliphatic carbocycles. The molecular weight excluding hydrogens is 272 g/mol. The lowest BCUT2D eigenvalue weighted by Crippen LogP contribution is -2.35. The van der Waals surface area contributed by atoms with Crippen molar-refractivity contribution in [1.29, 1.82) is 0 Å². The maximum absolute atomic E-state index is 12.5. The fourth-order valence-corrected chi connectivity index (χ4v) is 3.06. The quantitative estimate of drug-likeness (QED) is 0.752. The minimum absolute atomic E-state index is 0.121. The maximum atomic E-state index is 12.5. The van der Waals surface area contributed by atoms with Crippen LogP contribution in [0.5, 0.6) is 5.75 Å². The van der Waals surface area contributed by atoms with Gasteiger partial charge in [-0.1, -0.05) is 60.2 Å². The molecule has 1 heterocycles. The molecule has 1 aliphatic rings. The molecule has 0 spiro atoms. The Hall–Kier alpha value is -2.35. The first-order chi connectivity index (χ1) is 10.6. The summed E-state index contributed by atoms with van der Waals surface area (Å²) in [6.07, 6.45) is 3.27. The molecule has 0 fully saturated rings. The molecule has 0 saturated carbocycles. The van der Waals surface area contributed by atoms with E-state index in [-0.39, 0.29) is 5.78 Å². The Bertz CT molecular complexity index is 715. The summed E-state index contributed by atoms with van der Waals surface area (Å²) in [7, 11) is 0. The third-order valence-electron chi connectivity index (χ3n) is 3.96. The number of para-hydroxylation sites is 1. The number of benzene rings is 2. The van der Waals surface area contributed by atoms with Crippen molar-refractivity contribution in [2.24, 2.45) is 0 Å². The van der Waals surface area contributed by atoms with Crippen molar-refractivity contribution < 1.29 is 9.53 Å². The number of ketones is 1. The summed E-state index contributed by atoms with van der Waals surface area (Å²) < 4.78 is 6.23. The van der Waals surface area contributed by atoms with Gasteiger partial charge in [0.25, 0.3) is 0 Å². The van der Waals surface area contributed by atoms with Crippen molar-refractivity contribution in [1.82, 2.24) is 0 Å². The van der Waals surface area contributed by atoms with E-state index in [0.29, 0.717) is 6.42 Å². The van der Waals surface area contributed by atoms with E-state index in [1.165, 1.54) is 5.57 Å². The molecule has 3 rings (SSSR count). The molecule has 2 nitrogen and oxygen atoms in total. The Morgan fingerprint density at radius 1 is 1.09 bits per heavy atom. The number of hydrogen-bond acceptors (Lipinski definition) is 2. The van der Waals surface area contributed by atoms with Gasteiger partial charge in [-0.05, 0) is 19.9 Å². The molecule has 0 bridgehead atoms. The molecule has 112 valence electrons. The number of carbonyl (C=O) groups excluding carboxylic acids is 1. The van der Waals surface area contributed by atoms with E-state index >= 15 is 0 Å². The van der Waals surface area contributed by atoms with Crippen molar-refractivity contribution in [3.8, 4) is 5.75 Å². The summed E-state index contributed by atoms with van der Waals surface area (Å²) in [6.45, 7) is 4.12. The number of Topliss-reactive ketones (excluding diaryl/α,β-unsaturated/α-hetero) is 1. The van der Waals surface area contributed by atoms with Crippen molar-refractivity contribution in [2.75, 3.05) is 0 Å². The highest BCUT2D eigenvalue weighted by molar-refractivity contribution is 5.96. The summed E-state index contributed by atoms with van der Waals surface area (Å²) in [5.41, 5.74) is 2.54. The Kier molecular flexibility index (Phi) is 3.84. The molecular formula is C20H20O2. The van der Waals surface area contributed by atoms with Gasteiger partial charge in [-0.3, -0.25) is 4.79 Å². The minimum Gasteiger partial charge on any atom is -0.486 e. The lowest BCUT2D eigenvalue weighted by atomic mass is 9.89. The zero-order valence-corrected chi connectivity index (χ0v) is 13.0. The molecule has 2 heteroatoms. The highest BCUT2D eigenvalue weighted by Gasteiger charge is 2.32. The molecule has 0 saturated heterocycles. The molecule has 0 N–H and O–H groups in total. The fraction of sp³-hybridized carbons (Fsp3) is 0.250. The van der Waals surface area contributed by atoms with Crippen molar-refractivity contribution >= 4 is 11.9 Å². The molecule has 0 radical (unpaired) electrons. The van der Waals surface area contributed by atoms with Gasteiger partial charge in [0.1, 0.15) is 11.4 Å². The third kappa shape index (κ3) is 3.11. The molecule has 1 atom stereocenters. The van der Waals surface area contributed by atoms with Crippen LogP contribution in [-0.2, 0) is 0 Å². The number of carbonyl (C=O) groups is 1.